The topological polar surface area (TPSA) is 40.0 Å². The van der Waals surface area contributed by atoms with E-state index in [-0.39, 0.29) is 5.69 Å². The van der Waals surface area contributed by atoms with Gasteiger partial charge in [0.1, 0.15) is 11.5 Å². The lowest BCUT2D eigenvalue weighted by Crippen LogP contribution is -2.53. The molecule has 158 valence electrons. The SMILES string of the molecule is C=Nc1c(C(=NC)N2CC3CCC(C2)N3)cc(Cl)c(-c2cccc3ccccc23)c1F. The van der Waals surface area contributed by atoms with Crippen LogP contribution in [0.25, 0.3) is 21.9 Å². The Balaban J connectivity index is 1.65. The number of hydrogen-bond acceptors (Lipinski definition) is 3. The summed E-state index contributed by atoms with van der Waals surface area (Å²) < 4.78 is 15.9. The molecule has 0 aromatic heterocycles. The fourth-order valence-electron chi connectivity index (χ4n) is 5.03. The van der Waals surface area contributed by atoms with Crippen LogP contribution in [0.4, 0.5) is 10.1 Å². The molecule has 2 saturated heterocycles. The number of nitrogens with zero attached hydrogens (tertiary/aromatic N) is 3. The normalized spacial score (nSPS) is 21.0. The number of halogens is 2. The average Bonchev–Trinajstić information content (AvgIpc) is 3.12. The lowest BCUT2D eigenvalue weighted by molar-refractivity contribution is 0.289. The summed E-state index contributed by atoms with van der Waals surface area (Å²) in [5, 5.41) is 5.93. The highest BCUT2D eigenvalue weighted by molar-refractivity contribution is 6.34. The van der Waals surface area contributed by atoms with Crippen molar-refractivity contribution in [1.82, 2.24) is 10.2 Å². The van der Waals surface area contributed by atoms with Crippen LogP contribution in [0.3, 0.4) is 0 Å². The molecule has 2 fully saturated rings. The molecule has 31 heavy (non-hydrogen) atoms. The Kier molecular flexibility index (Phi) is 5.24. The van der Waals surface area contributed by atoms with Crippen molar-refractivity contribution >= 4 is 40.6 Å². The van der Waals surface area contributed by atoms with Gasteiger partial charge in [-0.05, 0) is 42.0 Å². The highest BCUT2D eigenvalue weighted by Gasteiger charge is 2.35. The van der Waals surface area contributed by atoms with Crippen LogP contribution in [0, 0.1) is 5.82 Å². The Morgan fingerprint density at radius 2 is 1.84 bits per heavy atom. The molecule has 5 rings (SSSR count). The molecule has 0 spiro atoms. The van der Waals surface area contributed by atoms with E-state index >= 15 is 4.39 Å². The largest absolute Gasteiger partial charge is 0.353 e. The van der Waals surface area contributed by atoms with E-state index in [1.54, 1.807) is 13.1 Å². The van der Waals surface area contributed by atoms with Gasteiger partial charge in [0.25, 0.3) is 0 Å². The van der Waals surface area contributed by atoms with E-state index in [0.29, 0.717) is 34.1 Å². The van der Waals surface area contributed by atoms with Crippen LogP contribution in [0.15, 0.2) is 58.5 Å². The van der Waals surface area contributed by atoms with Crippen LogP contribution in [-0.2, 0) is 0 Å². The third-order valence-corrected chi connectivity index (χ3v) is 6.68. The van der Waals surface area contributed by atoms with Gasteiger partial charge in [-0.2, -0.15) is 0 Å². The summed E-state index contributed by atoms with van der Waals surface area (Å²) in [4.78, 5) is 10.8. The lowest BCUT2D eigenvalue weighted by atomic mass is 9.95. The highest BCUT2D eigenvalue weighted by Crippen LogP contribution is 2.41. The number of benzene rings is 3. The Bertz CT molecular complexity index is 1190. The van der Waals surface area contributed by atoms with E-state index in [9.17, 15) is 0 Å². The molecule has 2 unspecified atom stereocenters. The molecule has 2 heterocycles. The smallest absolute Gasteiger partial charge is 0.158 e. The minimum absolute atomic E-state index is 0.193. The van der Waals surface area contributed by atoms with Crippen molar-refractivity contribution in [2.75, 3.05) is 20.1 Å². The fraction of sp³-hybridized carbons (Fsp3) is 0.280. The summed E-state index contributed by atoms with van der Waals surface area (Å²) in [6.07, 6.45) is 2.31. The molecule has 0 aliphatic carbocycles. The summed E-state index contributed by atoms with van der Waals surface area (Å²) >= 11 is 6.72. The van der Waals surface area contributed by atoms with Gasteiger partial charge in [-0.3, -0.25) is 9.98 Å². The maximum Gasteiger partial charge on any atom is 0.158 e. The molecule has 1 N–H and O–H groups in total. The minimum Gasteiger partial charge on any atom is -0.353 e. The van der Waals surface area contributed by atoms with Crippen molar-refractivity contribution in [3.05, 3.63) is 64.9 Å². The highest BCUT2D eigenvalue weighted by atomic mass is 35.5. The van der Waals surface area contributed by atoms with Crippen LogP contribution in [0.1, 0.15) is 18.4 Å². The van der Waals surface area contributed by atoms with Gasteiger partial charge in [-0.15, -0.1) is 0 Å². The zero-order valence-electron chi connectivity index (χ0n) is 17.4. The molecule has 2 aliphatic heterocycles. The van der Waals surface area contributed by atoms with Gasteiger partial charge in [-0.25, -0.2) is 4.39 Å². The second kappa shape index (κ2) is 8.06. The first-order chi connectivity index (χ1) is 15.1. The predicted octanol–water partition coefficient (Wildman–Crippen LogP) is 5.44. The van der Waals surface area contributed by atoms with Crippen molar-refractivity contribution in [3.8, 4) is 11.1 Å². The minimum atomic E-state index is -0.465. The second-order valence-corrected chi connectivity index (χ2v) is 8.63. The van der Waals surface area contributed by atoms with Crippen LogP contribution in [0.5, 0.6) is 0 Å². The van der Waals surface area contributed by atoms with E-state index in [2.05, 4.69) is 26.9 Å². The molecule has 0 amide bonds. The van der Waals surface area contributed by atoms with Gasteiger partial charge in [0, 0.05) is 43.3 Å². The number of hydrogen-bond donors (Lipinski definition) is 1. The number of rotatable bonds is 3. The first kappa shape index (κ1) is 20.2. The lowest BCUT2D eigenvalue weighted by Gasteiger charge is -2.35. The van der Waals surface area contributed by atoms with E-state index in [1.807, 2.05) is 42.5 Å². The molecule has 0 saturated carbocycles. The van der Waals surface area contributed by atoms with E-state index in [4.69, 9.17) is 11.6 Å². The molecule has 2 aliphatic rings. The molecule has 2 bridgehead atoms. The summed E-state index contributed by atoms with van der Waals surface area (Å²) in [6, 6.07) is 16.4. The molecular weight excluding hydrogens is 411 g/mol. The third kappa shape index (κ3) is 3.42. The molecule has 4 nitrogen and oxygen atoms in total. The number of likely N-dealkylation sites (tertiary alicyclic amines) is 1. The summed E-state index contributed by atoms with van der Waals surface area (Å²) in [5.41, 5.74) is 1.87. The Morgan fingerprint density at radius 3 is 2.55 bits per heavy atom. The zero-order chi connectivity index (χ0) is 21.5. The number of nitrogens with one attached hydrogen (secondary N) is 1. The Hall–Kier alpha value is -2.76. The van der Waals surface area contributed by atoms with Gasteiger partial charge in [0.2, 0.25) is 0 Å². The molecular formula is C25H24ClFN4. The maximum absolute atomic E-state index is 15.9. The number of amidine groups is 1. The first-order valence-corrected chi connectivity index (χ1v) is 10.9. The molecule has 0 radical (unpaired) electrons. The second-order valence-electron chi connectivity index (χ2n) is 8.22. The van der Waals surface area contributed by atoms with Crippen molar-refractivity contribution in [1.29, 1.82) is 0 Å². The number of piperazine rings is 1. The van der Waals surface area contributed by atoms with Gasteiger partial charge >= 0.3 is 0 Å². The number of fused-ring (bicyclic) bond motifs is 3. The summed E-state index contributed by atoms with van der Waals surface area (Å²) in [5.74, 6) is 0.249. The van der Waals surface area contributed by atoms with Gasteiger partial charge in [0.05, 0.1) is 5.02 Å². The van der Waals surface area contributed by atoms with Crippen LogP contribution in [0.2, 0.25) is 5.02 Å². The van der Waals surface area contributed by atoms with E-state index < -0.39 is 5.82 Å². The van der Waals surface area contributed by atoms with Crippen molar-refractivity contribution in [2.24, 2.45) is 9.98 Å². The van der Waals surface area contributed by atoms with E-state index in [0.717, 1.165) is 42.3 Å². The summed E-state index contributed by atoms with van der Waals surface area (Å²) in [7, 11) is 1.73. The average molecular weight is 435 g/mol. The van der Waals surface area contributed by atoms with Crippen molar-refractivity contribution in [3.63, 3.8) is 0 Å². The zero-order valence-corrected chi connectivity index (χ0v) is 18.2. The monoisotopic (exact) mass is 434 g/mol. The molecule has 2 atom stereocenters. The van der Waals surface area contributed by atoms with Crippen molar-refractivity contribution < 1.29 is 4.39 Å². The van der Waals surface area contributed by atoms with Crippen LogP contribution < -0.4 is 5.32 Å². The fourth-order valence-corrected chi connectivity index (χ4v) is 5.32. The number of aliphatic imine (C=N–C) groups is 2. The standard InChI is InChI=1S/C25H24ClFN4/c1-28-24-20(25(29-2)31-13-16-10-11-17(14-31)30-16)12-21(26)22(23(24)27)19-9-5-7-15-6-3-4-8-18(15)19/h3-9,12,16-17,30H,1,10-11,13-14H2,2H3. The third-order valence-electron chi connectivity index (χ3n) is 6.38. The van der Waals surface area contributed by atoms with Crippen LogP contribution >= 0.6 is 11.6 Å². The van der Waals surface area contributed by atoms with Gasteiger partial charge in [-0.1, -0.05) is 54.1 Å². The maximum atomic E-state index is 15.9. The Morgan fingerprint density at radius 1 is 1.13 bits per heavy atom. The molecule has 3 aromatic rings. The summed E-state index contributed by atoms with van der Waals surface area (Å²) in [6.45, 7) is 5.34. The first-order valence-electron chi connectivity index (χ1n) is 10.6. The van der Waals surface area contributed by atoms with E-state index in [1.165, 1.54) is 0 Å². The van der Waals surface area contributed by atoms with Gasteiger partial charge < -0.3 is 10.2 Å². The van der Waals surface area contributed by atoms with Crippen molar-refractivity contribution in [2.45, 2.75) is 24.9 Å². The predicted molar refractivity (Wildman–Crippen MR) is 128 cm³/mol. The van der Waals surface area contributed by atoms with Crippen LogP contribution in [-0.4, -0.2) is 49.7 Å². The molecule has 6 heteroatoms. The Labute approximate surface area is 186 Å². The van der Waals surface area contributed by atoms with Gasteiger partial charge in [0.15, 0.2) is 5.82 Å². The quantitative estimate of drug-likeness (QED) is 0.440. The molecule has 3 aromatic carbocycles.